The third kappa shape index (κ3) is 5.34. The molecule has 0 spiro atoms. The lowest BCUT2D eigenvalue weighted by molar-refractivity contribution is -0.136. The van der Waals surface area contributed by atoms with Crippen molar-refractivity contribution < 1.29 is 19.1 Å². The van der Waals surface area contributed by atoms with Crippen LogP contribution >= 0.6 is 11.3 Å². The van der Waals surface area contributed by atoms with Crippen molar-refractivity contribution in [2.75, 3.05) is 30.4 Å². The molecule has 170 valence electrons. The van der Waals surface area contributed by atoms with E-state index in [4.69, 9.17) is 4.74 Å². The van der Waals surface area contributed by atoms with Crippen LogP contribution in [0.15, 0.2) is 29.4 Å². The van der Waals surface area contributed by atoms with Gasteiger partial charge in [0.15, 0.2) is 0 Å². The van der Waals surface area contributed by atoms with Crippen LogP contribution in [0.2, 0.25) is 0 Å². The summed E-state index contributed by atoms with van der Waals surface area (Å²) in [5.41, 5.74) is 5.40. The number of carbonyl (C=O) groups excluding carboxylic acids is 3. The van der Waals surface area contributed by atoms with Gasteiger partial charge < -0.3 is 15.0 Å². The fourth-order valence-corrected chi connectivity index (χ4v) is 4.98. The maximum atomic E-state index is 12.4. The van der Waals surface area contributed by atoms with E-state index in [2.05, 4.69) is 34.6 Å². The maximum Gasteiger partial charge on any atom is 0.341 e. The van der Waals surface area contributed by atoms with Gasteiger partial charge in [-0.2, -0.15) is 5.10 Å². The van der Waals surface area contributed by atoms with Crippen molar-refractivity contribution in [1.29, 1.82) is 0 Å². The van der Waals surface area contributed by atoms with Gasteiger partial charge in [0, 0.05) is 23.7 Å². The largest absolute Gasteiger partial charge is 0.465 e. The summed E-state index contributed by atoms with van der Waals surface area (Å²) < 4.78 is 4.88. The van der Waals surface area contributed by atoms with Crippen molar-refractivity contribution in [1.82, 2.24) is 5.43 Å². The topological polar surface area (TPSA) is 100 Å². The Hall–Kier alpha value is -3.20. The minimum absolute atomic E-state index is 0.347. The van der Waals surface area contributed by atoms with E-state index in [9.17, 15) is 14.4 Å². The number of carbonyl (C=O) groups is 3. The van der Waals surface area contributed by atoms with Crippen LogP contribution < -0.4 is 15.6 Å². The summed E-state index contributed by atoms with van der Waals surface area (Å²) in [6.45, 7) is 6.03. The van der Waals surface area contributed by atoms with Crippen molar-refractivity contribution in [2.24, 2.45) is 5.10 Å². The Morgan fingerprint density at radius 2 is 1.78 bits per heavy atom. The van der Waals surface area contributed by atoms with Crippen LogP contribution in [-0.4, -0.2) is 44.2 Å². The number of fused-ring (bicyclic) bond motifs is 1. The molecule has 0 fully saturated rings. The van der Waals surface area contributed by atoms with E-state index in [-0.39, 0.29) is 0 Å². The summed E-state index contributed by atoms with van der Waals surface area (Å²) in [5, 5.41) is 6.77. The minimum Gasteiger partial charge on any atom is -0.465 e. The van der Waals surface area contributed by atoms with Crippen LogP contribution in [-0.2, 0) is 27.2 Å². The van der Waals surface area contributed by atoms with Crippen LogP contribution in [0.1, 0.15) is 53.1 Å². The van der Waals surface area contributed by atoms with Gasteiger partial charge in [-0.3, -0.25) is 9.59 Å². The van der Waals surface area contributed by atoms with Gasteiger partial charge >= 0.3 is 17.8 Å². The summed E-state index contributed by atoms with van der Waals surface area (Å²) in [4.78, 5) is 40.1. The van der Waals surface area contributed by atoms with E-state index in [0.29, 0.717) is 10.6 Å². The van der Waals surface area contributed by atoms with E-state index in [0.717, 1.165) is 60.5 Å². The first-order chi connectivity index (χ1) is 15.5. The number of thiophene rings is 1. The fourth-order valence-electron chi connectivity index (χ4n) is 3.71. The molecular formula is C23H28N4O4S. The molecule has 1 aliphatic carbocycles. The number of hydrogen-bond acceptors (Lipinski definition) is 7. The Labute approximate surface area is 191 Å². The first kappa shape index (κ1) is 23.5. The third-order valence-corrected chi connectivity index (χ3v) is 6.60. The molecule has 0 unspecified atom stereocenters. The number of amides is 2. The number of hydrazone groups is 1. The number of esters is 1. The number of ether oxygens (including phenoxy) is 1. The molecule has 9 heteroatoms. The average molecular weight is 457 g/mol. The number of benzene rings is 1. The predicted octanol–water partition coefficient (Wildman–Crippen LogP) is 3.35. The molecule has 2 aromatic rings. The van der Waals surface area contributed by atoms with E-state index < -0.39 is 17.8 Å². The number of anilines is 2. The molecule has 0 radical (unpaired) electrons. The molecule has 3 rings (SSSR count). The summed E-state index contributed by atoms with van der Waals surface area (Å²) >= 11 is 1.32. The number of nitrogens with one attached hydrogen (secondary N) is 2. The van der Waals surface area contributed by atoms with Gasteiger partial charge in [0.2, 0.25) is 0 Å². The molecule has 0 aliphatic heterocycles. The highest BCUT2D eigenvalue weighted by molar-refractivity contribution is 7.17. The predicted molar refractivity (Wildman–Crippen MR) is 127 cm³/mol. The quantitative estimate of drug-likeness (QED) is 0.288. The highest BCUT2D eigenvalue weighted by atomic mass is 32.1. The maximum absolute atomic E-state index is 12.4. The van der Waals surface area contributed by atoms with Crippen LogP contribution in [0.5, 0.6) is 0 Å². The summed E-state index contributed by atoms with van der Waals surface area (Å²) in [5.74, 6) is -2.31. The molecular weight excluding hydrogens is 428 g/mol. The zero-order valence-electron chi connectivity index (χ0n) is 18.6. The summed E-state index contributed by atoms with van der Waals surface area (Å²) in [6, 6.07) is 7.75. The molecule has 0 atom stereocenters. The fraction of sp³-hybridized carbons (Fsp3) is 0.391. The van der Waals surface area contributed by atoms with Crippen molar-refractivity contribution in [3.05, 3.63) is 45.8 Å². The number of aryl methyl sites for hydroxylation is 1. The first-order valence-corrected chi connectivity index (χ1v) is 11.5. The molecule has 1 aromatic heterocycles. The lowest BCUT2D eigenvalue weighted by atomic mass is 9.95. The van der Waals surface area contributed by atoms with Gasteiger partial charge in [-0.05, 0) is 62.8 Å². The van der Waals surface area contributed by atoms with Crippen LogP contribution in [0.25, 0.3) is 0 Å². The van der Waals surface area contributed by atoms with E-state index >= 15 is 0 Å². The first-order valence-electron chi connectivity index (χ1n) is 10.7. The molecule has 32 heavy (non-hydrogen) atoms. The second-order valence-corrected chi connectivity index (χ2v) is 8.43. The zero-order chi connectivity index (χ0) is 23.1. The average Bonchev–Trinajstić information content (AvgIpc) is 3.18. The highest BCUT2D eigenvalue weighted by Gasteiger charge is 2.28. The van der Waals surface area contributed by atoms with Gasteiger partial charge in [0.1, 0.15) is 5.00 Å². The second-order valence-electron chi connectivity index (χ2n) is 7.32. The lowest BCUT2D eigenvalue weighted by Crippen LogP contribution is -2.32. The molecule has 0 saturated heterocycles. The Kier molecular flexibility index (Phi) is 7.99. The molecule has 0 saturated carbocycles. The number of methoxy groups -OCH3 is 1. The number of nitrogens with zero attached hydrogens (tertiary/aromatic N) is 2. The van der Waals surface area contributed by atoms with Gasteiger partial charge in [-0.1, -0.05) is 12.1 Å². The van der Waals surface area contributed by atoms with Crippen molar-refractivity contribution >= 4 is 46.0 Å². The SMILES string of the molecule is CCN(CC)c1ccc(/C=N\NC(=O)C(=O)Nc2sc3c(c2C(=O)OC)CCCC3)cc1. The van der Waals surface area contributed by atoms with Crippen LogP contribution in [0, 0.1) is 0 Å². The molecule has 1 aromatic carbocycles. The molecule has 0 bridgehead atoms. The molecule has 1 heterocycles. The smallest absolute Gasteiger partial charge is 0.341 e. The normalized spacial score (nSPS) is 12.8. The standard InChI is InChI=1S/C23H28N4O4S/c1-4-27(5-2)16-12-10-15(11-13-16)14-24-26-21(29)20(28)25-22-19(23(30)31-3)17-8-6-7-9-18(17)32-22/h10-14H,4-9H2,1-3H3,(H,25,28)(H,26,29)/b24-14-. The number of rotatable bonds is 7. The van der Waals surface area contributed by atoms with E-state index in [1.165, 1.54) is 24.7 Å². The van der Waals surface area contributed by atoms with Crippen molar-refractivity contribution in [3.63, 3.8) is 0 Å². The van der Waals surface area contributed by atoms with E-state index in [1.54, 1.807) is 0 Å². The van der Waals surface area contributed by atoms with Gasteiger partial charge in [-0.15, -0.1) is 11.3 Å². The number of hydrogen-bond donors (Lipinski definition) is 2. The summed E-state index contributed by atoms with van der Waals surface area (Å²) in [7, 11) is 1.30. The van der Waals surface area contributed by atoms with Crippen LogP contribution in [0.3, 0.4) is 0 Å². The lowest BCUT2D eigenvalue weighted by Gasteiger charge is -2.20. The summed E-state index contributed by atoms with van der Waals surface area (Å²) in [6.07, 6.45) is 5.10. The Morgan fingerprint density at radius 1 is 1.09 bits per heavy atom. The highest BCUT2D eigenvalue weighted by Crippen LogP contribution is 2.38. The second kappa shape index (κ2) is 10.9. The Balaban J connectivity index is 1.63. The van der Waals surface area contributed by atoms with Crippen LogP contribution in [0.4, 0.5) is 10.7 Å². The monoisotopic (exact) mass is 456 g/mol. The molecule has 2 N–H and O–H groups in total. The minimum atomic E-state index is -0.914. The Morgan fingerprint density at radius 3 is 2.44 bits per heavy atom. The van der Waals surface area contributed by atoms with E-state index in [1.807, 2.05) is 24.3 Å². The van der Waals surface area contributed by atoms with Gasteiger partial charge in [-0.25, -0.2) is 10.2 Å². The molecule has 1 aliphatic rings. The Bertz CT molecular complexity index is 1010. The van der Waals surface area contributed by atoms with Crippen molar-refractivity contribution in [3.8, 4) is 0 Å². The van der Waals surface area contributed by atoms with Gasteiger partial charge in [0.05, 0.1) is 18.9 Å². The van der Waals surface area contributed by atoms with Gasteiger partial charge in [0.25, 0.3) is 0 Å². The molecule has 2 amide bonds. The molecule has 8 nitrogen and oxygen atoms in total. The third-order valence-electron chi connectivity index (χ3n) is 5.40. The zero-order valence-corrected chi connectivity index (χ0v) is 19.4. The van der Waals surface area contributed by atoms with Crippen molar-refractivity contribution in [2.45, 2.75) is 39.5 Å².